The molecule has 3 aromatic rings. The molecule has 2 heterocycles. The Hall–Kier alpha value is -3.68. The largest absolute Gasteiger partial charge is 0.550 e. The van der Waals surface area contributed by atoms with E-state index in [0.29, 0.717) is 34.0 Å². The molecule has 8 nitrogen and oxygen atoms in total. The first-order valence-corrected chi connectivity index (χ1v) is 7.97. The van der Waals surface area contributed by atoms with Crippen molar-refractivity contribution in [3.05, 3.63) is 54.2 Å². The highest BCUT2D eigenvalue weighted by molar-refractivity contribution is 5.88. The summed E-state index contributed by atoms with van der Waals surface area (Å²) >= 11 is 0. The number of pyridine rings is 1. The maximum absolute atomic E-state index is 11.1. The van der Waals surface area contributed by atoms with Gasteiger partial charge in [0.05, 0.1) is 14.2 Å². The number of ether oxygens (including phenoxy) is 2. The number of rotatable bonds is 7. The number of aliphatic carboxylic acids is 1. The molecule has 0 aliphatic rings. The molecule has 0 N–H and O–H groups in total. The minimum atomic E-state index is -1.25. The summed E-state index contributed by atoms with van der Waals surface area (Å²) in [5, 5.41) is 15.1. The second-order valence-electron chi connectivity index (χ2n) is 5.50. The molecule has 2 aromatic heterocycles. The zero-order chi connectivity index (χ0) is 19.2. The van der Waals surface area contributed by atoms with Gasteiger partial charge in [0.2, 0.25) is 5.82 Å². The van der Waals surface area contributed by atoms with Gasteiger partial charge in [0, 0.05) is 35.9 Å². The SMILES string of the molecule is COc1ccc(-c2noc(/C(=C/c3cccnc3)CC(=O)[O-])n2)cc1OC. The highest BCUT2D eigenvalue weighted by atomic mass is 16.5. The summed E-state index contributed by atoms with van der Waals surface area (Å²) in [6, 6.07) is 8.70. The zero-order valence-corrected chi connectivity index (χ0v) is 14.7. The Kier molecular flexibility index (Phi) is 5.46. The van der Waals surface area contributed by atoms with Crippen molar-refractivity contribution in [3.63, 3.8) is 0 Å². The molecule has 0 aliphatic carbocycles. The van der Waals surface area contributed by atoms with Crippen molar-refractivity contribution in [2.45, 2.75) is 6.42 Å². The monoisotopic (exact) mass is 366 g/mol. The summed E-state index contributed by atoms with van der Waals surface area (Å²) in [5.41, 5.74) is 1.67. The van der Waals surface area contributed by atoms with Crippen LogP contribution >= 0.6 is 0 Å². The van der Waals surface area contributed by atoms with Gasteiger partial charge >= 0.3 is 0 Å². The van der Waals surface area contributed by atoms with Gasteiger partial charge in [-0.25, -0.2) is 0 Å². The summed E-state index contributed by atoms with van der Waals surface area (Å²) < 4.78 is 15.7. The quantitative estimate of drug-likeness (QED) is 0.623. The standard InChI is InChI=1S/C19H17N3O5/c1-25-15-6-5-13(9-16(15)26-2)18-21-19(27-22-18)14(10-17(23)24)8-12-4-3-7-20-11-12/h3-9,11H,10H2,1-2H3,(H,23,24)/p-1/b14-8+. The van der Waals surface area contributed by atoms with Crippen molar-refractivity contribution in [1.82, 2.24) is 15.1 Å². The Morgan fingerprint density at radius 1 is 1.22 bits per heavy atom. The fourth-order valence-corrected chi connectivity index (χ4v) is 2.45. The highest BCUT2D eigenvalue weighted by Crippen LogP contribution is 2.32. The van der Waals surface area contributed by atoms with Gasteiger partial charge in [0.15, 0.2) is 11.5 Å². The number of hydrogen-bond donors (Lipinski definition) is 0. The van der Waals surface area contributed by atoms with Gasteiger partial charge in [-0.15, -0.1) is 0 Å². The molecule has 0 aliphatic heterocycles. The van der Waals surface area contributed by atoms with Crippen LogP contribution in [0.25, 0.3) is 23.0 Å². The number of methoxy groups -OCH3 is 2. The Labute approximate surface area is 155 Å². The van der Waals surface area contributed by atoms with Gasteiger partial charge in [-0.05, 0) is 35.9 Å². The molecule has 3 rings (SSSR count). The van der Waals surface area contributed by atoms with E-state index in [0.717, 1.165) is 0 Å². The van der Waals surface area contributed by atoms with Crippen molar-refractivity contribution < 1.29 is 23.9 Å². The lowest BCUT2D eigenvalue weighted by molar-refractivity contribution is -0.304. The lowest BCUT2D eigenvalue weighted by Crippen LogP contribution is -2.22. The molecule has 0 bridgehead atoms. The van der Waals surface area contributed by atoms with E-state index >= 15 is 0 Å². The van der Waals surface area contributed by atoms with E-state index in [9.17, 15) is 9.90 Å². The molecule has 0 radical (unpaired) electrons. The normalized spacial score (nSPS) is 11.3. The van der Waals surface area contributed by atoms with E-state index < -0.39 is 5.97 Å². The predicted molar refractivity (Wildman–Crippen MR) is 94.6 cm³/mol. The summed E-state index contributed by atoms with van der Waals surface area (Å²) in [5.74, 6) is 0.214. The third-order valence-corrected chi connectivity index (χ3v) is 3.70. The second-order valence-corrected chi connectivity index (χ2v) is 5.50. The molecule has 0 atom stereocenters. The van der Waals surface area contributed by atoms with Crippen LogP contribution in [0.5, 0.6) is 11.5 Å². The number of nitrogens with zero attached hydrogens (tertiary/aromatic N) is 3. The van der Waals surface area contributed by atoms with Gasteiger partial charge in [0.1, 0.15) is 0 Å². The number of carbonyl (C=O) groups is 1. The Morgan fingerprint density at radius 2 is 2.04 bits per heavy atom. The van der Waals surface area contributed by atoms with E-state index in [2.05, 4.69) is 15.1 Å². The van der Waals surface area contributed by atoms with Crippen LogP contribution in [0.15, 0.2) is 47.2 Å². The van der Waals surface area contributed by atoms with Crippen LogP contribution in [-0.2, 0) is 4.79 Å². The molecule has 0 fully saturated rings. The van der Waals surface area contributed by atoms with Crippen molar-refractivity contribution in [2.75, 3.05) is 14.2 Å². The first-order chi connectivity index (χ1) is 13.1. The molecule has 0 spiro atoms. The van der Waals surface area contributed by atoms with Crippen LogP contribution in [0.3, 0.4) is 0 Å². The van der Waals surface area contributed by atoms with Gasteiger partial charge in [-0.2, -0.15) is 4.98 Å². The van der Waals surface area contributed by atoms with Crippen molar-refractivity contribution in [3.8, 4) is 22.9 Å². The van der Waals surface area contributed by atoms with Crippen molar-refractivity contribution in [1.29, 1.82) is 0 Å². The molecular formula is C19H16N3O5-. The third kappa shape index (κ3) is 4.30. The number of benzene rings is 1. The number of hydrogen-bond acceptors (Lipinski definition) is 8. The third-order valence-electron chi connectivity index (χ3n) is 3.70. The van der Waals surface area contributed by atoms with Crippen LogP contribution in [-0.4, -0.2) is 35.3 Å². The van der Waals surface area contributed by atoms with Crippen molar-refractivity contribution in [2.24, 2.45) is 0 Å². The Balaban J connectivity index is 1.96. The van der Waals surface area contributed by atoms with E-state index in [-0.39, 0.29) is 12.3 Å². The smallest absolute Gasteiger partial charge is 0.254 e. The first-order valence-electron chi connectivity index (χ1n) is 7.97. The van der Waals surface area contributed by atoms with E-state index in [4.69, 9.17) is 14.0 Å². The molecule has 0 saturated carbocycles. The van der Waals surface area contributed by atoms with E-state index in [1.807, 2.05) is 0 Å². The fourth-order valence-electron chi connectivity index (χ4n) is 2.45. The first kappa shape index (κ1) is 18.1. The molecule has 0 saturated heterocycles. The molecule has 0 amide bonds. The van der Waals surface area contributed by atoms with Crippen LogP contribution in [0.4, 0.5) is 0 Å². The Morgan fingerprint density at radius 3 is 2.70 bits per heavy atom. The van der Waals surface area contributed by atoms with Crippen LogP contribution < -0.4 is 14.6 Å². The van der Waals surface area contributed by atoms with Crippen LogP contribution in [0.2, 0.25) is 0 Å². The maximum Gasteiger partial charge on any atom is 0.254 e. The second kappa shape index (κ2) is 8.13. The molecule has 8 heteroatoms. The van der Waals surface area contributed by atoms with Gasteiger partial charge in [-0.3, -0.25) is 4.98 Å². The number of aromatic nitrogens is 3. The summed E-state index contributed by atoms with van der Waals surface area (Å²) in [4.78, 5) is 19.4. The van der Waals surface area contributed by atoms with Crippen LogP contribution in [0, 0.1) is 0 Å². The number of carbonyl (C=O) groups excluding carboxylic acids is 1. The predicted octanol–water partition coefficient (Wildman–Crippen LogP) is 1.83. The fraction of sp³-hybridized carbons (Fsp3) is 0.158. The minimum absolute atomic E-state index is 0.0906. The lowest BCUT2D eigenvalue weighted by Gasteiger charge is -2.07. The van der Waals surface area contributed by atoms with Gasteiger partial charge in [0.25, 0.3) is 5.89 Å². The van der Waals surface area contributed by atoms with E-state index in [1.54, 1.807) is 55.9 Å². The summed E-state index contributed by atoms with van der Waals surface area (Å²) in [6.07, 6.45) is 4.47. The van der Waals surface area contributed by atoms with Crippen molar-refractivity contribution >= 4 is 17.6 Å². The number of carboxylic acid groups (broad SMARTS) is 1. The topological polar surface area (TPSA) is 110 Å². The minimum Gasteiger partial charge on any atom is -0.550 e. The molecule has 0 unspecified atom stereocenters. The number of carboxylic acids is 1. The summed E-state index contributed by atoms with van der Waals surface area (Å²) in [7, 11) is 3.07. The molecule has 1 aromatic carbocycles. The molecular weight excluding hydrogens is 350 g/mol. The van der Waals surface area contributed by atoms with Gasteiger partial charge < -0.3 is 23.9 Å². The average molecular weight is 366 g/mol. The highest BCUT2D eigenvalue weighted by Gasteiger charge is 2.15. The molecule has 138 valence electrons. The maximum atomic E-state index is 11.1. The zero-order valence-electron chi connectivity index (χ0n) is 14.7. The molecule has 27 heavy (non-hydrogen) atoms. The average Bonchev–Trinajstić information content (AvgIpc) is 3.17. The summed E-state index contributed by atoms with van der Waals surface area (Å²) in [6.45, 7) is 0. The van der Waals surface area contributed by atoms with E-state index in [1.165, 1.54) is 7.11 Å². The van der Waals surface area contributed by atoms with Crippen LogP contribution in [0.1, 0.15) is 17.9 Å². The lowest BCUT2D eigenvalue weighted by atomic mass is 10.1. The Bertz CT molecular complexity index is 966. The van der Waals surface area contributed by atoms with Gasteiger partial charge in [-0.1, -0.05) is 11.2 Å².